The molecule has 6 nitrogen and oxygen atoms in total. The SMILES string of the molecule is CC(C)(C)SC[C@@](C)(C(=O)N=[N+]=[N-])C(=O)Oc1ccccc1. The normalized spacial score (nSPS) is 13.6. The minimum atomic E-state index is -1.53. The maximum Gasteiger partial charge on any atom is 0.325 e. The van der Waals surface area contributed by atoms with Crippen molar-refractivity contribution < 1.29 is 14.3 Å². The average Bonchev–Trinajstić information content (AvgIpc) is 2.45. The number of amides is 1. The van der Waals surface area contributed by atoms with E-state index in [2.05, 4.69) is 10.0 Å². The maximum absolute atomic E-state index is 12.4. The number of ether oxygens (including phenoxy) is 1. The van der Waals surface area contributed by atoms with E-state index in [0.717, 1.165) is 0 Å². The molecule has 0 saturated heterocycles. The number of azide groups is 1. The fourth-order valence-electron chi connectivity index (χ4n) is 1.43. The highest BCUT2D eigenvalue weighted by Gasteiger charge is 2.43. The summed E-state index contributed by atoms with van der Waals surface area (Å²) >= 11 is 1.43. The maximum atomic E-state index is 12.4. The monoisotopic (exact) mass is 321 g/mol. The Bertz CT molecular complexity index is 592. The van der Waals surface area contributed by atoms with Gasteiger partial charge >= 0.3 is 5.97 Å². The van der Waals surface area contributed by atoms with Crippen LogP contribution in [0.3, 0.4) is 0 Å². The summed E-state index contributed by atoms with van der Waals surface area (Å²) in [5.74, 6) is -1.06. The second-order valence-corrected chi connectivity index (χ2v) is 7.73. The van der Waals surface area contributed by atoms with Gasteiger partial charge in [0.15, 0.2) is 0 Å². The number of hydrogen-bond donors (Lipinski definition) is 0. The van der Waals surface area contributed by atoms with E-state index in [1.807, 2.05) is 20.8 Å². The third kappa shape index (κ3) is 5.09. The van der Waals surface area contributed by atoms with Crippen molar-refractivity contribution in [2.45, 2.75) is 32.4 Å². The summed E-state index contributed by atoms with van der Waals surface area (Å²) in [6, 6.07) is 8.47. The number of esters is 1. The third-order valence-electron chi connectivity index (χ3n) is 2.81. The van der Waals surface area contributed by atoms with Crippen LogP contribution in [-0.4, -0.2) is 22.4 Å². The molecule has 1 rings (SSSR count). The van der Waals surface area contributed by atoms with Crippen LogP contribution in [-0.2, 0) is 9.59 Å². The van der Waals surface area contributed by atoms with Crippen LogP contribution in [0.1, 0.15) is 27.7 Å². The smallest absolute Gasteiger partial charge is 0.325 e. The van der Waals surface area contributed by atoms with Crippen molar-refractivity contribution >= 4 is 23.6 Å². The molecule has 0 N–H and O–H groups in total. The zero-order valence-corrected chi connectivity index (χ0v) is 13.9. The summed E-state index contributed by atoms with van der Waals surface area (Å²) in [5.41, 5.74) is 6.95. The fourth-order valence-corrected chi connectivity index (χ4v) is 2.39. The molecule has 1 amide bonds. The summed E-state index contributed by atoms with van der Waals surface area (Å²) in [6.07, 6.45) is 0. The number of carbonyl (C=O) groups excluding carboxylic acids is 2. The lowest BCUT2D eigenvalue weighted by atomic mass is 9.92. The molecule has 1 aromatic carbocycles. The van der Waals surface area contributed by atoms with Gasteiger partial charge in [-0.1, -0.05) is 39.0 Å². The first-order chi connectivity index (χ1) is 10.2. The van der Waals surface area contributed by atoms with Crippen LogP contribution in [0.2, 0.25) is 0 Å². The average molecular weight is 321 g/mol. The number of thioether (sulfide) groups is 1. The van der Waals surface area contributed by atoms with Gasteiger partial charge in [-0.3, -0.25) is 9.59 Å². The lowest BCUT2D eigenvalue weighted by molar-refractivity contribution is -0.149. The molecule has 0 aliphatic rings. The highest BCUT2D eigenvalue weighted by atomic mass is 32.2. The Hall–Kier alpha value is -1.98. The number of rotatable bonds is 5. The van der Waals surface area contributed by atoms with Gasteiger partial charge in [0, 0.05) is 15.4 Å². The summed E-state index contributed by atoms with van der Waals surface area (Å²) in [5, 5.41) is 3.09. The van der Waals surface area contributed by atoms with Gasteiger partial charge in [0.05, 0.1) is 0 Å². The molecule has 7 heteroatoms. The van der Waals surface area contributed by atoms with Crippen molar-refractivity contribution in [3.63, 3.8) is 0 Å². The molecule has 0 aliphatic heterocycles. The van der Waals surface area contributed by atoms with Crippen molar-refractivity contribution in [3.05, 3.63) is 40.8 Å². The minimum absolute atomic E-state index is 0.148. The Morgan fingerprint density at radius 2 is 1.82 bits per heavy atom. The van der Waals surface area contributed by atoms with Gasteiger partial charge in [-0.25, -0.2) is 0 Å². The lowest BCUT2D eigenvalue weighted by Gasteiger charge is -2.27. The first-order valence-corrected chi connectivity index (χ1v) is 7.68. The second-order valence-electron chi connectivity index (χ2n) is 5.93. The van der Waals surface area contributed by atoms with E-state index < -0.39 is 17.3 Å². The second kappa shape index (κ2) is 7.33. The molecular formula is C15H19N3O3S. The Kier molecular flexibility index (Phi) is 6.02. The summed E-state index contributed by atoms with van der Waals surface area (Å²) in [6.45, 7) is 7.35. The predicted molar refractivity (Wildman–Crippen MR) is 86.5 cm³/mol. The van der Waals surface area contributed by atoms with Crippen molar-refractivity contribution in [1.29, 1.82) is 0 Å². The van der Waals surface area contributed by atoms with Crippen LogP contribution in [0.5, 0.6) is 5.75 Å². The van der Waals surface area contributed by atoms with Crippen molar-refractivity contribution in [2.75, 3.05) is 5.75 Å². The van der Waals surface area contributed by atoms with Crippen LogP contribution in [0.15, 0.2) is 35.4 Å². The van der Waals surface area contributed by atoms with E-state index in [4.69, 9.17) is 10.3 Å². The number of carbonyl (C=O) groups is 2. The Labute approximate surface area is 133 Å². The van der Waals surface area contributed by atoms with Crippen LogP contribution in [0.4, 0.5) is 0 Å². The van der Waals surface area contributed by atoms with E-state index in [0.29, 0.717) is 5.75 Å². The first kappa shape index (κ1) is 18.1. The molecule has 0 radical (unpaired) electrons. The standard InChI is InChI=1S/C15H19N3O3S/c1-14(2,3)22-10-15(4,12(19)17-18-16)13(20)21-11-8-6-5-7-9-11/h5-9H,10H2,1-4H3/t15-/m0/s1. The van der Waals surface area contributed by atoms with E-state index in [1.165, 1.54) is 18.7 Å². The number of benzene rings is 1. The highest BCUT2D eigenvalue weighted by Crippen LogP contribution is 2.33. The van der Waals surface area contributed by atoms with Gasteiger partial charge in [0.2, 0.25) is 5.91 Å². The van der Waals surface area contributed by atoms with E-state index in [-0.39, 0.29) is 10.5 Å². The largest absolute Gasteiger partial charge is 0.426 e. The molecule has 0 spiro atoms. The van der Waals surface area contributed by atoms with Gasteiger partial charge < -0.3 is 4.74 Å². The van der Waals surface area contributed by atoms with E-state index >= 15 is 0 Å². The molecule has 0 unspecified atom stereocenters. The van der Waals surface area contributed by atoms with Gasteiger partial charge in [-0.05, 0) is 29.7 Å². The van der Waals surface area contributed by atoms with Crippen LogP contribution < -0.4 is 4.74 Å². The molecule has 1 aromatic rings. The first-order valence-electron chi connectivity index (χ1n) is 6.70. The molecule has 0 fully saturated rings. The molecular weight excluding hydrogens is 302 g/mol. The predicted octanol–water partition coefficient (Wildman–Crippen LogP) is 3.97. The molecule has 0 saturated carbocycles. The third-order valence-corrected chi connectivity index (χ3v) is 4.39. The van der Waals surface area contributed by atoms with Crippen molar-refractivity contribution in [2.24, 2.45) is 10.5 Å². The number of nitrogens with zero attached hydrogens (tertiary/aromatic N) is 3. The summed E-state index contributed by atoms with van der Waals surface area (Å²) in [4.78, 5) is 27.0. The van der Waals surface area contributed by atoms with Crippen molar-refractivity contribution in [3.8, 4) is 5.75 Å². The van der Waals surface area contributed by atoms with Crippen LogP contribution in [0, 0.1) is 5.41 Å². The number of hydrogen-bond acceptors (Lipinski definition) is 4. The molecule has 0 aliphatic carbocycles. The lowest BCUT2D eigenvalue weighted by Crippen LogP contribution is -2.41. The fraction of sp³-hybridized carbons (Fsp3) is 0.467. The Morgan fingerprint density at radius 1 is 1.23 bits per heavy atom. The van der Waals surface area contributed by atoms with Crippen LogP contribution >= 0.6 is 11.8 Å². The zero-order chi connectivity index (χ0) is 16.8. The quantitative estimate of drug-likeness (QED) is 0.205. The topological polar surface area (TPSA) is 92.1 Å². The molecule has 0 bridgehead atoms. The molecule has 118 valence electrons. The molecule has 0 aromatic heterocycles. The van der Waals surface area contributed by atoms with Gasteiger partial charge in [-0.2, -0.15) is 11.8 Å². The summed E-state index contributed by atoms with van der Waals surface area (Å²) < 4.78 is 5.11. The van der Waals surface area contributed by atoms with E-state index in [1.54, 1.807) is 30.3 Å². The van der Waals surface area contributed by atoms with E-state index in [9.17, 15) is 9.59 Å². The van der Waals surface area contributed by atoms with Gasteiger partial charge in [0.25, 0.3) is 0 Å². The Balaban J connectivity index is 3.00. The zero-order valence-electron chi connectivity index (χ0n) is 13.1. The van der Waals surface area contributed by atoms with Gasteiger partial charge in [-0.15, -0.1) is 0 Å². The minimum Gasteiger partial charge on any atom is -0.426 e. The van der Waals surface area contributed by atoms with Crippen LogP contribution in [0.25, 0.3) is 10.4 Å². The molecule has 1 atom stereocenters. The van der Waals surface area contributed by atoms with Crippen molar-refractivity contribution in [1.82, 2.24) is 0 Å². The molecule has 22 heavy (non-hydrogen) atoms. The number of para-hydroxylation sites is 1. The van der Waals surface area contributed by atoms with Gasteiger partial charge in [0.1, 0.15) is 11.2 Å². The highest BCUT2D eigenvalue weighted by molar-refractivity contribution is 8.00. The Morgan fingerprint density at radius 3 is 2.32 bits per heavy atom. The molecule has 0 heterocycles. The summed E-state index contributed by atoms with van der Waals surface area (Å²) in [7, 11) is 0.